The van der Waals surface area contributed by atoms with Gasteiger partial charge in [-0.15, -0.1) is 24.9 Å². The van der Waals surface area contributed by atoms with Crippen molar-refractivity contribution in [3.63, 3.8) is 0 Å². The van der Waals surface area contributed by atoms with Gasteiger partial charge in [-0.05, 0) is 31.2 Å². The van der Waals surface area contributed by atoms with Gasteiger partial charge in [-0.25, -0.2) is 9.97 Å². The third-order valence-corrected chi connectivity index (χ3v) is 4.87. The van der Waals surface area contributed by atoms with E-state index in [1.807, 2.05) is 13.2 Å². The first kappa shape index (κ1) is 23.1. The molecule has 0 fully saturated rings. The van der Waals surface area contributed by atoms with Gasteiger partial charge in [0.15, 0.2) is 0 Å². The average Bonchev–Trinajstić information content (AvgIpc) is 2.69. The number of hydrogen-bond acceptors (Lipinski definition) is 6. The van der Waals surface area contributed by atoms with Crippen LogP contribution in [0.4, 0.5) is 19.0 Å². The number of halogens is 3. The van der Waals surface area contributed by atoms with Gasteiger partial charge in [0.25, 0.3) is 0 Å². The molecule has 1 N–H and O–H groups in total. The van der Waals surface area contributed by atoms with E-state index in [-0.39, 0.29) is 11.5 Å². The number of methoxy groups -OCH3 is 1. The van der Waals surface area contributed by atoms with Gasteiger partial charge in [0.2, 0.25) is 0 Å². The van der Waals surface area contributed by atoms with Gasteiger partial charge in [0.1, 0.15) is 28.0 Å². The Kier molecular flexibility index (Phi) is 8.43. The first-order valence-corrected chi connectivity index (χ1v) is 10.7. The summed E-state index contributed by atoms with van der Waals surface area (Å²) in [5, 5.41) is 4.02. The highest BCUT2D eigenvalue weighted by Crippen LogP contribution is 2.38. The molecule has 5 nitrogen and oxygen atoms in total. The number of ether oxygens (including phenoxy) is 2. The van der Waals surface area contributed by atoms with Crippen molar-refractivity contribution in [1.29, 1.82) is 0 Å². The normalized spacial score (nSPS) is 11.4. The molecule has 0 saturated heterocycles. The molecule has 0 bridgehead atoms. The van der Waals surface area contributed by atoms with E-state index in [0.29, 0.717) is 22.7 Å². The molecule has 1 aromatic carbocycles. The molecule has 2 aromatic rings. The van der Waals surface area contributed by atoms with Gasteiger partial charge in [-0.3, -0.25) is 0 Å². The van der Waals surface area contributed by atoms with E-state index in [0.717, 1.165) is 37.3 Å². The number of aryl methyl sites for hydroxylation is 1. The molecular weight excluding hydrogens is 403 g/mol. The first-order valence-electron chi connectivity index (χ1n) is 9.45. The van der Waals surface area contributed by atoms with Crippen LogP contribution in [0, 0.1) is 0 Å². The summed E-state index contributed by atoms with van der Waals surface area (Å²) in [4.78, 5) is 9.47. The largest absolute Gasteiger partial charge is 0.573 e. The summed E-state index contributed by atoms with van der Waals surface area (Å²) in [6.07, 6.45) is 1.11. The summed E-state index contributed by atoms with van der Waals surface area (Å²) in [6.45, 7) is 4.95. The van der Waals surface area contributed by atoms with E-state index < -0.39 is 6.36 Å². The number of nitrogens with zero attached hydrogens (tertiary/aromatic N) is 2. The zero-order chi connectivity index (χ0) is 21.4. The Morgan fingerprint density at radius 1 is 1.14 bits per heavy atom. The molecule has 1 heterocycles. The fourth-order valence-corrected chi connectivity index (χ4v) is 3.34. The van der Waals surface area contributed by atoms with Gasteiger partial charge in [0, 0.05) is 18.2 Å². The van der Waals surface area contributed by atoms with Crippen LogP contribution in [0.15, 0.2) is 23.2 Å². The van der Waals surface area contributed by atoms with Crippen LogP contribution in [0.25, 0.3) is 11.3 Å². The quantitative estimate of drug-likeness (QED) is 0.373. The van der Waals surface area contributed by atoms with E-state index in [1.165, 1.54) is 37.1 Å². The van der Waals surface area contributed by atoms with Crippen LogP contribution < -0.4 is 14.8 Å². The summed E-state index contributed by atoms with van der Waals surface area (Å²) in [6, 6.07) is 3.97. The van der Waals surface area contributed by atoms with Crippen LogP contribution in [0.5, 0.6) is 11.5 Å². The zero-order valence-corrected chi connectivity index (χ0v) is 17.8. The lowest BCUT2D eigenvalue weighted by atomic mass is 10.1. The van der Waals surface area contributed by atoms with Gasteiger partial charge in [0.05, 0.1) is 12.8 Å². The second kappa shape index (κ2) is 10.6. The molecule has 160 valence electrons. The molecule has 2 rings (SSSR count). The molecule has 0 aliphatic rings. The Balaban J connectivity index is 2.42. The lowest BCUT2D eigenvalue weighted by Crippen LogP contribution is -2.17. The van der Waals surface area contributed by atoms with Crippen molar-refractivity contribution < 1.29 is 22.6 Å². The minimum absolute atomic E-state index is 0.238. The van der Waals surface area contributed by atoms with Crippen molar-refractivity contribution in [2.45, 2.75) is 50.9 Å². The van der Waals surface area contributed by atoms with Crippen molar-refractivity contribution in [3.8, 4) is 22.8 Å². The number of aromatic nitrogens is 2. The second-order valence-corrected chi connectivity index (χ2v) is 7.07. The summed E-state index contributed by atoms with van der Waals surface area (Å²) < 4.78 is 46.8. The molecule has 0 aliphatic carbocycles. The van der Waals surface area contributed by atoms with Crippen LogP contribution in [-0.4, -0.2) is 36.2 Å². The number of anilines is 1. The lowest BCUT2D eigenvalue weighted by molar-refractivity contribution is -0.274. The maximum absolute atomic E-state index is 12.5. The van der Waals surface area contributed by atoms with Gasteiger partial charge < -0.3 is 14.8 Å². The Labute approximate surface area is 173 Å². The first-order chi connectivity index (χ1) is 13.8. The molecule has 1 aromatic heterocycles. The van der Waals surface area contributed by atoms with Gasteiger partial charge >= 0.3 is 6.36 Å². The SMILES string of the molecule is CCCCCNc1nc(SC)c(-c2ccc(OC(F)(F)F)cc2OC)nc1CC. The fourth-order valence-electron chi connectivity index (χ4n) is 2.81. The van der Waals surface area contributed by atoms with Crippen molar-refractivity contribution in [3.05, 3.63) is 23.9 Å². The van der Waals surface area contributed by atoms with E-state index >= 15 is 0 Å². The molecule has 0 radical (unpaired) electrons. The van der Waals surface area contributed by atoms with Gasteiger partial charge in [-0.1, -0.05) is 26.7 Å². The molecular formula is C20H26F3N3O2S. The van der Waals surface area contributed by atoms with E-state index in [9.17, 15) is 13.2 Å². The summed E-state index contributed by atoms with van der Waals surface area (Å²) in [5.74, 6) is 0.636. The number of unbranched alkanes of at least 4 members (excludes halogenated alkanes) is 2. The van der Waals surface area contributed by atoms with E-state index in [4.69, 9.17) is 14.7 Å². The second-order valence-electron chi connectivity index (χ2n) is 6.27. The smallest absolute Gasteiger partial charge is 0.496 e. The minimum Gasteiger partial charge on any atom is -0.496 e. The van der Waals surface area contributed by atoms with Crippen LogP contribution >= 0.6 is 11.8 Å². The predicted octanol–water partition coefficient (Wildman–Crippen LogP) is 5.94. The van der Waals surface area contributed by atoms with Crippen molar-refractivity contribution >= 4 is 17.6 Å². The third kappa shape index (κ3) is 6.42. The molecule has 0 amide bonds. The monoisotopic (exact) mass is 429 g/mol. The lowest BCUT2D eigenvalue weighted by Gasteiger charge is -2.17. The number of nitrogens with one attached hydrogen (secondary N) is 1. The summed E-state index contributed by atoms with van der Waals surface area (Å²) in [5.41, 5.74) is 1.93. The molecule has 0 unspecified atom stereocenters. The maximum atomic E-state index is 12.5. The Bertz CT molecular complexity index is 816. The molecule has 0 atom stereocenters. The molecule has 0 aliphatic heterocycles. The molecule has 29 heavy (non-hydrogen) atoms. The average molecular weight is 430 g/mol. The fraction of sp³-hybridized carbons (Fsp3) is 0.500. The van der Waals surface area contributed by atoms with E-state index in [1.54, 1.807) is 0 Å². The summed E-state index contributed by atoms with van der Waals surface area (Å²) >= 11 is 1.42. The zero-order valence-electron chi connectivity index (χ0n) is 17.0. The van der Waals surface area contributed by atoms with Crippen LogP contribution in [0.3, 0.4) is 0 Å². The van der Waals surface area contributed by atoms with Crippen molar-refractivity contribution in [1.82, 2.24) is 9.97 Å². The maximum Gasteiger partial charge on any atom is 0.573 e. The van der Waals surface area contributed by atoms with Gasteiger partial charge in [-0.2, -0.15) is 0 Å². The standard InChI is InChI=1S/C20H26F3N3O2S/c1-5-7-8-11-24-18-15(6-2)25-17(19(26-18)29-4)14-10-9-13(12-16(14)27-3)28-20(21,22)23/h9-10,12H,5-8,11H2,1-4H3,(H,24,26). The van der Waals surface area contributed by atoms with Crippen LogP contribution in [0.1, 0.15) is 38.8 Å². The van der Waals surface area contributed by atoms with Crippen molar-refractivity contribution in [2.24, 2.45) is 0 Å². The topological polar surface area (TPSA) is 56.3 Å². The minimum atomic E-state index is -4.77. The molecule has 0 saturated carbocycles. The number of benzene rings is 1. The van der Waals surface area contributed by atoms with Crippen LogP contribution in [-0.2, 0) is 6.42 Å². The molecule has 0 spiro atoms. The Hall–Kier alpha value is -2.16. The summed E-state index contributed by atoms with van der Waals surface area (Å²) in [7, 11) is 1.40. The highest BCUT2D eigenvalue weighted by Gasteiger charge is 2.31. The Morgan fingerprint density at radius 3 is 2.48 bits per heavy atom. The Morgan fingerprint density at radius 2 is 1.90 bits per heavy atom. The number of hydrogen-bond donors (Lipinski definition) is 1. The predicted molar refractivity (Wildman–Crippen MR) is 110 cm³/mol. The number of thioether (sulfide) groups is 1. The van der Waals surface area contributed by atoms with Crippen molar-refractivity contribution in [2.75, 3.05) is 25.2 Å². The van der Waals surface area contributed by atoms with Crippen LogP contribution in [0.2, 0.25) is 0 Å². The third-order valence-electron chi connectivity index (χ3n) is 4.20. The highest BCUT2D eigenvalue weighted by molar-refractivity contribution is 7.98. The number of rotatable bonds is 10. The highest BCUT2D eigenvalue weighted by atomic mass is 32.2. The van der Waals surface area contributed by atoms with E-state index in [2.05, 4.69) is 17.0 Å². The number of alkyl halides is 3. The molecule has 9 heteroatoms.